The highest BCUT2D eigenvalue weighted by Crippen LogP contribution is 2.43. The van der Waals surface area contributed by atoms with Crippen LogP contribution in [0.5, 0.6) is 0 Å². The quantitative estimate of drug-likeness (QED) is 0.778. The van der Waals surface area contributed by atoms with E-state index in [1.165, 1.54) is 22.3 Å². The molecule has 3 rings (SSSR count). The van der Waals surface area contributed by atoms with E-state index in [2.05, 4.69) is 81.4 Å². The molecule has 0 saturated carbocycles. The van der Waals surface area contributed by atoms with Gasteiger partial charge in [-0.3, -0.25) is 0 Å². The molecule has 1 aliphatic carbocycles. The minimum absolute atomic E-state index is 0.209. The first-order valence-electron chi connectivity index (χ1n) is 8.28. The summed E-state index contributed by atoms with van der Waals surface area (Å²) in [6, 6.07) is 21.0. The lowest BCUT2D eigenvalue weighted by Crippen LogP contribution is -2.24. The Morgan fingerprint density at radius 2 is 1.35 bits per heavy atom. The maximum Gasteiger partial charge on any atom is 0.0429 e. The zero-order chi connectivity index (χ0) is 16.4. The Balaban J connectivity index is 2.14. The molecule has 1 unspecified atom stereocenters. The van der Waals surface area contributed by atoms with Crippen LogP contribution in [0.1, 0.15) is 38.3 Å². The van der Waals surface area contributed by atoms with Gasteiger partial charge in [0.2, 0.25) is 0 Å². The van der Waals surface area contributed by atoms with Gasteiger partial charge in [-0.05, 0) is 34.5 Å². The molecule has 118 valence electrons. The van der Waals surface area contributed by atoms with Crippen molar-refractivity contribution in [3.05, 3.63) is 83.6 Å². The third kappa shape index (κ3) is 3.24. The summed E-state index contributed by atoms with van der Waals surface area (Å²) < 4.78 is 0. The molecular weight excluding hydrogens is 278 g/mol. The highest BCUT2D eigenvalue weighted by Gasteiger charge is 2.30. The Kier molecular flexibility index (Phi) is 4.12. The van der Waals surface area contributed by atoms with Crippen molar-refractivity contribution >= 4 is 11.1 Å². The molecule has 0 amide bonds. The van der Waals surface area contributed by atoms with E-state index >= 15 is 0 Å². The van der Waals surface area contributed by atoms with Gasteiger partial charge in [-0.2, -0.15) is 0 Å². The van der Waals surface area contributed by atoms with E-state index in [1.54, 1.807) is 0 Å². The Labute approximate surface area is 139 Å². The van der Waals surface area contributed by atoms with Crippen molar-refractivity contribution < 1.29 is 0 Å². The van der Waals surface area contributed by atoms with E-state index in [0.29, 0.717) is 5.92 Å². The number of rotatable bonds is 2. The molecule has 0 radical (unpaired) electrons. The molecule has 2 aromatic carbocycles. The van der Waals surface area contributed by atoms with E-state index in [-0.39, 0.29) is 5.41 Å². The molecule has 2 N–H and O–H groups in total. The van der Waals surface area contributed by atoms with Gasteiger partial charge < -0.3 is 5.73 Å². The predicted octanol–water partition coefficient (Wildman–Crippen LogP) is 5.51. The molecule has 23 heavy (non-hydrogen) atoms. The van der Waals surface area contributed by atoms with E-state index in [0.717, 1.165) is 12.1 Å². The zero-order valence-corrected chi connectivity index (χ0v) is 14.2. The minimum Gasteiger partial charge on any atom is -0.398 e. The molecule has 0 heterocycles. The van der Waals surface area contributed by atoms with Gasteiger partial charge in [0.15, 0.2) is 0 Å². The van der Waals surface area contributed by atoms with Gasteiger partial charge in [0.1, 0.15) is 0 Å². The highest BCUT2D eigenvalue weighted by atomic mass is 14.6. The van der Waals surface area contributed by atoms with Crippen LogP contribution in [0.2, 0.25) is 0 Å². The highest BCUT2D eigenvalue weighted by molar-refractivity contribution is 5.90. The number of allylic oxidation sites excluding steroid dienone is 3. The second-order valence-corrected chi connectivity index (χ2v) is 7.38. The summed E-state index contributed by atoms with van der Waals surface area (Å²) in [6.45, 7) is 6.92. The lowest BCUT2D eigenvalue weighted by atomic mass is 9.71. The summed E-state index contributed by atoms with van der Waals surface area (Å²) in [5, 5.41) is 0. The smallest absolute Gasteiger partial charge is 0.0429 e. The second-order valence-electron chi connectivity index (χ2n) is 7.38. The third-order valence-electron chi connectivity index (χ3n) is 4.73. The summed E-state index contributed by atoms with van der Waals surface area (Å²) in [4.78, 5) is 0. The normalized spacial score (nSPS) is 18.7. The van der Waals surface area contributed by atoms with Crippen LogP contribution in [0.15, 0.2) is 72.4 Å². The van der Waals surface area contributed by atoms with E-state index in [1.807, 2.05) is 6.07 Å². The fourth-order valence-corrected chi connectivity index (χ4v) is 3.18. The maximum atomic E-state index is 6.60. The van der Waals surface area contributed by atoms with Gasteiger partial charge >= 0.3 is 0 Å². The first-order chi connectivity index (χ1) is 11.0. The van der Waals surface area contributed by atoms with Crippen molar-refractivity contribution in [3.8, 4) is 0 Å². The second kappa shape index (κ2) is 6.08. The lowest BCUT2D eigenvalue weighted by Gasteiger charge is -2.34. The molecule has 0 bridgehead atoms. The Bertz CT molecular complexity index is 731. The van der Waals surface area contributed by atoms with Gasteiger partial charge in [-0.15, -0.1) is 0 Å². The van der Waals surface area contributed by atoms with Gasteiger partial charge in [0.05, 0.1) is 0 Å². The Morgan fingerprint density at radius 3 is 1.87 bits per heavy atom. The SMILES string of the molecule is CC(C)(C)C1C=C(c2ccccc2)C(N)=C(c2ccccc2)C1. The van der Waals surface area contributed by atoms with Crippen molar-refractivity contribution in [2.45, 2.75) is 27.2 Å². The summed E-state index contributed by atoms with van der Waals surface area (Å²) in [6.07, 6.45) is 3.37. The molecule has 0 fully saturated rings. The number of hydrogen-bond donors (Lipinski definition) is 1. The van der Waals surface area contributed by atoms with Crippen molar-refractivity contribution in [1.82, 2.24) is 0 Å². The van der Waals surface area contributed by atoms with Gasteiger partial charge in [0, 0.05) is 11.3 Å². The lowest BCUT2D eigenvalue weighted by molar-refractivity contribution is 0.297. The minimum atomic E-state index is 0.209. The summed E-state index contributed by atoms with van der Waals surface area (Å²) >= 11 is 0. The van der Waals surface area contributed by atoms with Crippen molar-refractivity contribution in [1.29, 1.82) is 0 Å². The Hall–Kier alpha value is -2.28. The van der Waals surface area contributed by atoms with Crippen LogP contribution in [-0.4, -0.2) is 0 Å². The van der Waals surface area contributed by atoms with E-state index < -0.39 is 0 Å². The monoisotopic (exact) mass is 303 g/mol. The molecule has 0 aromatic heterocycles. The van der Waals surface area contributed by atoms with Crippen LogP contribution in [0.25, 0.3) is 11.1 Å². The largest absolute Gasteiger partial charge is 0.398 e. The van der Waals surface area contributed by atoms with Crippen molar-refractivity contribution in [3.63, 3.8) is 0 Å². The topological polar surface area (TPSA) is 26.0 Å². The number of benzene rings is 2. The van der Waals surface area contributed by atoms with E-state index in [4.69, 9.17) is 5.73 Å². The zero-order valence-electron chi connectivity index (χ0n) is 14.2. The van der Waals surface area contributed by atoms with Crippen LogP contribution in [-0.2, 0) is 0 Å². The van der Waals surface area contributed by atoms with Gasteiger partial charge in [-0.25, -0.2) is 0 Å². The van der Waals surface area contributed by atoms with Gasteiger partial charge in [0.25, 0.3) is 0 Å². The summed E-state index contributed by atoms with van der Waals surface area (Å²) in [7, 11) is 0. The average Bonchev–Trinajstić information content (AvgIpc) is 2.55. The Morgan fingerprint density at radius 1 is 0.826 bits per heavy atom. The van der Waals surface area contributed by atoms with Crippen LogP contribution >= 0.6 is 0 Å². The molecule has 1 heteroatoms. The van der Waals surface area contributed by atoms with Crippen molar-refractivity contribution in [2.24, 2.45) is 17.1 Å². The van der Waals surface area contributed by atoms with Crippen molar-refractivity contribution in [2.75, 3.05) is 0 Å². The number of hydrogen-bond acceptors (Lipinski definition) is 1. The molecule has 0 aliphatic heterocycles. The molecule has 0 spiro atoms. The molecular formula is C22H25N. The molecule has 0 saturated heterocycles. The molecule has 1 nitrogen and oxygen atoms in total. The fraction of sp³-hybridized carbons (Fsp3) is 0.273. The standard InChI is InChI=1S/C22H25N/c1-22(2,3)18-14-19(16-10-6-4-7-11-16)21(23)20(15-18)17-12-8-5-9-13-17/h4-14,18H,15,23H2,1-3H3. The first-order valence-corrected chi connectivity index (χ1v) is 8.28. The fourth-order valence-electron chi connectivity index (χ4n) is 3.18. The number of nitrogens with two attached hydrogens (primary N) is 1. The van der Waals surface area contributed by atoms with Crippen LogP contribution in [0, 0.1) is 11.3 Å². The molecule has 1 aliphatic rings. The maximum absolute atomic E-state index is 6.60. The summed E-state index contributed by atoms with van der Waals surface area (Å²) in [5.41, 5.74) is 12.6. The van der Waals surface area contributed by atoms with Gasteiger partial charge in [-0.1, -0.05) is 87.5 Å². The van der Waals surface area contributed by atoms with Crippen LogP contribution < -0.4 is 5.73 Å². The average molecular weight is 303 g/mol. The predicted molar refractivity (Wildman–Crippen MR) is 99.5 cm³/mol. The molecule has 2 aromatic rings. The van der Waals surface area contributed by atoms with Crippen LogP contribution in [0.4, 0.5) is 0 Å². The third-order valence-corrected chi connectivity index (χ3v) is 4.73. The van der Waals surface area contributed by atoms with E-state index in [9.17, 15) is 0 Å². The first kappa shape index (κ1) is 15.6. The van der Waals surface area contributed by atoms with Crippen LogP contribution in [0.3, 0.4) is 0 Å². The summed E-state index contributed by atoms with van der Waals surface area (Å²) in [5.74, 6) is 0.472. The molecule has 1 atom stereocenters.